The maximum absolute atomic E-state index is 13.7. The van der Waals surface area contributed by atoms with Gasteiger partial charge in [0.2, 0.25) is 23.1 Å². The van der Waals surface area contributed by atoms with Crippen molar-refractivity contribution in [3.05, 3.63) is 99.0 Å². The Bertz CT molecular complexity index is 1620. The normalized spacial score (nSPS) is 20.5. The Hall–Kier alpha value is -4.38. The van der Waals surface area contributed by atoms with Crippen LogP contribution in [0.25, 0.3) is 0 Å². The Kier molecular flexibility index (Phi) is 7.24. The van der Waals surface area contributed by atoms with E-state index in [9.17, 15) is 33.9 Å². The molecule has 2 aliphatic rings. The fourth-order valence-corrected chi connectivity index (χ4v) is 5.58. The smallest absolute Gasteiger partial charge is 0.325 e. The van der Waals surface area contributed by atoms with Gasteiger partial charge in [-0.1, -0.05) is 53.5 Å². The van der Waals surface area contributed by atoms with Crippen LogP contribution in [0.2, 0.25) is 10.0 Å². The number of aliphatic carboxylic acids is 1. The molecular weight excluding hydrogens is 575 g/mol. The lowest BCUT2D eigenvalue weighted by atomic mass is 9.75. The van der Waals surface area contributed by atoms with E-state index in [4.69, 9.17) is 27.9 Å². The summed E-state index contributed by atoms with van der Waals surface area (Å²) in [6.07, 6.45) is -1.48. The molecule has 1 aliphatic heterocycles. The number of nitrogens with one attached hydrogen (secondary N) is 2. The zero-order valence-corrected chi connectivity index (χ0v) is 22.7. The van der Waals surface area contributed by atoms with E-state index >= 15 is 0 Å². The van der Waals surface area contributed by atoms with Crippen LogP contribution in [0.4, 0.5) is 10.5 Å². The molecule has 0 bridgehead atoms. The molecule has 3 unspecified atom stereocenters. The Balaban J connectivity index is 1.53. The summed E-state index contributed by atoms with van der Waals surface area (Å²) in [4.78, 5) is 78.0. The third kappa shape index (κ3) is 4.69. The summed E-state index contributed by atoms with van der Waals surface area (Å²) in [5, 5.41) is 15.1. The summed E-state index contributed by atoms with van der Waals surface area (Å²) in [6.45, 7) is 1.38. The van der Waals surface area contributed by atoms with Crippen molar-refractivity contribution in [2.24, 2.45) is 11.8 Å². The minimum absolute atomic E-state index is 0.0375. The highest BCUT2D eigenvalue weighted by molar-refractivity contribution is 6.42. The van der Waals surface area contributed by atoms with Crippen LogP contribution in [0.15, 0.2) is 66.7 Å². The van der Waals surface area contributed by atoms with Gasteiger partial charge in [0.25, 0.3) is 0 Å². The van der Waals surface area contributed by atoms with E-state index in [2.05, 4.69) is 10.6 Å². The zero-order chi connectivity index (χ0) is 29.6. The third-order valence-electron chi connectivity index (χ3n) is 7.15. The van der Waals surface area contributed by atoms with Crippen LogP contribution < -0.4 is 10.6 Å². The number of carboxylic acids is 1. The molecule has 1 saturated heterocycles. The molecule has 3 amide bonds. The first-order valence-electron chi connectivity index (χ1n) is 12.2. The van der Waals surface area contributed by atoms with Crippen LogP contribution in [0, 0.1) is 11.8 Å². The van der Waals surface area contributed by atoms with Gasteiger partial charge < -0.3 is 15.2 Å². The monoisotopic (exact) mass is 594 g/mol. The number of rotatable bonds is 5. The summed E-state index contributed by atoms with van der Waals surface area (Å²) >= 11 is 12.2. The molecule has 10 nitrogen and oxygen atoms in total. The third-order valence-corrected chi connectivity index (χ3v) is 7.89. The fourth-order valence-electron chi connectivity index (χ4n) is 5.27. The number of ketones is 3. The number of anilines is 1. The number of carboxylic acid groups (broad SMARTS) is 1. The lowest BCUT2D eigenvalue weighted by Crippen LogP contribution is -2.53. The quantitative estimate of drug-likeness (QED) is 0.282. The lowest BCUT2D eigenvalue weighted by molar-refractivity contribution is -0.148. The molecule has 0 saturated carbocycles. The first kappa shape index (κ1) is 28.2. The summed E-state index contributed by atoms with van der Waals surface area (Å²) in [5.74, 6) is -8.48. The fraction of sp³-hybridized carbons (Fsp3) is 0.172. The van der Waals surface area contributed by atoms with E-state index in [-0.39, 0.29) is 38.2 Å². The van der Waals surface area contributed by atoms with Gasteiger partial charge in [-0.2, -0.15) is 0 Å². The largest absolute Gasteiger partial charge is 0.481 e. The van der Waals surface area contributed by atoms with Crippen LogP contribution in [0.1, 0.15) is 49.7 Å². The highest BCUT2D eigenvalue weighted by Crippen LogP contribution is 2.54. The number of amides is 3. The molecule has 1 fully saturated rings. The van der Waals surface area contributed by atoms with Gasteiger partial charge in [0.15, 0.2) is 5.78 Å². The molecule has 1 heterocycles. The van der Waals surface area contributed by atoms with Crippen molar-refractivity contribution in [3.8, 4) is 0 Å². The molecule has 0 aromatic heterocycles. The lowest BCUT2D eigenvalue weighted by Gasteiger charge is -2.25. The van der Waals surface area contributed by atoms with E-state index in [1.807, 2.05) is 0 Å². The molecule has 208 valence electrons. The number of halogens is 2. The number of hydrogen-bond donors (Lipinski definition) is 3. The van der Waals surface area contributed by atoms with E-state index in [0.29, 0.717) is 5.56 Å². The number of benzene rings is 3. The van der Waals surface area contributed by atoms with Crippen molar-refractivity contribution in [2.45, 2.75) is 18.6 Å². The number of Topliss-reactive ketones (excluding diaryl/α,β-unsaturated/α-hetero) is 3. The Morgan fingerprint density at radius 2 is 1.49 bits per heavy atom. The van der Waals surface area contributed by atoms with Gasteiger partial charge >= 0.3 is 12.0 Å². The van der Waals surface area contributed by atoms with Gasteiger partial charge in [-0.15, -0.1) is 0 Å². The van der Waals surface area contributed by atoms with Gasteiger partial charge in [-0.3, -0.25) is 29.3 Å². The maximum atomic E-state index is 13.7. The number of ether oxygens (including phenoxy) is 1. The van der Waals surface area contributed by atoms with Crippen molar-refractivity contribution in [3.63, 3.8) is 0 Å². The molecule has 1 spiro atoms. The topological polar surface area (TPSA) is 156 Å². The molecule has 41 heavy (non-hydrogen) atoms. The van der Waals surface area contributed by atoms with Crippen LogP contribution in [0.5, 0.6) is 0 Å². The van der Waals surface area contributed by atoms with E-state index < -0.39 is 53.0 Å². The van der Waals surface area contributed by atoms with Crippen LogP contribution in [0.3, 0.4) is 0 Å². The minimum atomic E-state index is -2.56. The molecule has 5 rings (SSSR count). The number of fused-ring (bicyclic) bond motifs is 1. The molecule has 3 N–H and O–H groups in total. The summed E-state index contributed by atoms with van der Waals surface area (Å²) in [5.41, 5.74) is -1.82. The molecule has 1 aliphatic carbocycles. The van der Waals surface area contributed by atoms with Gasteiger partial charge in [0.1, 0.15) is 5.92 Å². The Labute approximate surface area is 242 Å². The molecule has 3 aromatic carbocycles. The average Bonchev–Trinajstić information content (AvgIpc) is 3.40. The second-order valence-corrected chi connectivity index (χ2v) is 10.4. The van der Waals surface area contributed by atoms with Crippen molar-refractivity contribution in [2.75, 3.05) is 5.32 Å². The zero-order valence-electron chi connectivity index (χ0n) is 21.1. The molecule has 0 radical (unpaired) electrons. The summed E-state index contributed by atoms with van der Waals surface area (Å²) in [6, 6.07) is 14.7. The second-order valence-electron chi connectivity index (χ2n) is 9.57. The standard InChI is InChI=1S/C29H20Cl2N2O8/c1-13(34)14-6-9-16(10-7-14)32-28(40)33-26(37)21-22(27(38)39)29(24(35)17-4-2-3-5-18(17)25(29)36)41-23(21)15-8-11-19(30)20(31)12-15/h2-12,21-23H,1H3,(H,38,39)(H2,32,33,37,40). The predicted molar refractivity (Wildman–Crippen MR) is 146 cm³/mol. The SMILES string of the molecule is CC(=O)c1ccc(NC(=O)NC(=O)C2C(c3ccc(Cl)c(Cl)c3)OC3(C(=O)c4ccccc4C3=O)C2C(=O)O)cc1. The highest BCUT2D eigenvalue weighted by Gasteiger charge is 2.71. The van der Waals surface area contributed by atoms with Crippen molar-refractivity contribution >= 4 is 64.1 Å². The van der Waals surface area contributed by atoms with Gasteiger partial charge in [0, 0.05) is 22.4 Å². The van der Waals surface area contributed by atoms with Crippen LogP contribution in [-0.4, -0.2) is 46.0 Å². The number of hydrogen-bond acceptors (Lipinski definition) is 7. The first-order valence-corrected chi connectivity index (χ1v) is 13.0. The van der Waals surface area contributed by atoms with Crippen molar-refractivity contribution < 1.29 is 38.6 Å². The minimum Gasteiger partial charge on any atom is -0.481 e. The van der Waals surface area contributed by atoms with Crippen LogP contribution in [-0.2, 0) is 14.3 Å². The average molecular weight is 595 g/mol. The highest BCUT2D eigenvalue weighted by atomic mass is 35.5. The predicted octanol–water partition coefficient (Wildman–Crippen LogP) is 4.75. The van der Waals surface area contributed by atoms with Crippen LogP contribution >= 0.6 is 23.2 Å². The number of urea groups is 1. The van der Waals surface area contributed by atoms with E-state index in [1.54, 1.807) is 0 Å². The summed E-state index contributed by atoms with van der Waals surface area (Å²) in [7, 11) is 0. The number of carbonyl (C=O) groups is 6. The molecule has 3 aromatic rings. The number of imide groups is 1. The molecular formula is C29H20Cl2N2O8. The van der Waals surface area contributed by atoms with Gasteiger partial charge in [-0.25, -0.2) is 4.79 Å². The Morgan fingerprint density at radius 1 is 0.878 bits per heavy atom. The van der Waals surface area contributed by atoms with Crippen molar-refractivity contribution in [1.82, 2.24) is 5.32 Å². The maximum Gasteiger partial charge on any atom is 0.325 e. The number of carbonyl (C=O) groups excluding carboxylic acids is 5. The van der Waals surface area contributed by atoms with Crippen molar-refractivity contribution in [1.29, 1.82) is 0 Å². The van der Waals surface area contributed by atoms with E-state index in [1.165, 1.54) is 73.7 Å². The molecule has 12 heteroatoms. The van der Waals surface area contributed by atoms with E-state index in [0.717, 1.165) is 0 Å². The Morgan fingerprint density at radius 3 is 2.02 bits per heavy atom. The first-order chi connectivity index (χ1) is 19.5. The second kappa shape index (κ2) is 10.5. The van der Waals surface area contributed by atoms with Gasteiger partial charge in [-0.05, 0) is 48.9 Å². The summed E-state index contributed by atoms with van der Waals surface area (Å²) < 4.78 is 6.03. The van der Waals surface area contributed by atoms with Gasteiger partial charge in [0.05, 0.1) is 22.1 Å². The molecule has 3 atom stereocenters.